The first-order valence-corrected chi connectivity index (χ1v) is 13.6. The molecule has 1 aliphatic heterocycles. The van der Waals surface area contributed by atoms with Crippen LogP contribution in [0.25, 0.3) is 10.9 Å². The van der Waals surface area contributed by atoms with Gasteiger partial charge in [0.25, 0.3) is 5.56 Å². The molecule has 2 atom stereocenters. The first-order chi connectivity index (χ1) is 18.6. The van der Waals surface area contributed by atoms with Gasteiger partial charge in [0.05, 0.1) is 18.8 Å². The molecular weight excluding hydrogens is 492 g/mol. The summed E-state index contributed by atoms with van der Waals surface area (Å²) in [5.74, 6) is 1.43. The standard InChI is InChI=1S/C30H38N6O3/c1-19-14-22-16-25(29(37)31-26(22)15-20(19)2)27(28-32-33-34-36(28)30(3,4)5)35(18-24-8-7-13-39-24)17-21-9-11-23(38-6)12-10-21/h9-12,14-16,24,27H,7-8,13,17-18H2,1-6H3,(H,31,37)/t24-,27-/m0/s1. The van der Waals surface area contributed by atoms with Crippen molar-refractivity contribution in [3.63, 3.8) is 0 Å². The molecule has 9 heteroatoms. The monoisotopic (exact) mass is 530 g/mol. The number of fused-ring (bicyclic) bond motifs is 1. The van der Waals surface area contributed by atoms with Crippen LogP contribution >= 0.6 is 0 Å². The van der Waals surface area contributed by atoms with Crippen LogP contribution in [0.3, 0.4) is 0 Å². The number of methoxy groups -OCH3 is 1. The van der Waals surface area contributed by atoms with Crippen molar-refractivity contribution < 1.29 is 9.47 Å². The van der Waals surface area contributed by atoms with Crippen molar-refractivity contribution in [3.8, 4) is 5.75 Å². The van der Waals surface area contributed by atoms with Crippen LogP contribution in [0.5, 0.6) is 5.75 Å². The number of aryl methyl sites for hydroxylation is 2. The maximum absolute atomic E-state index is 13.8. The zero-order valence-corrected chi connectivity index (χ0v) is 23.7. The number of rotatable bonds is 8. The van der Waals surface area contributed by atoms with Gasteiger partial charge in [-0.05, 0) is 110 Å². The fourth-order valence-corrected chi connectivity index (χ4v) is 5.31. The summed E-state index contributed by atoms with van der Waals surface area (Å²) < 4.78 is 13.3. The van der Waals surface area contributed by atoms with Gasteiger partial charge >= 0.3 is 0 Å². The maximum Gasteiger partial charge on any atom is 0.253 e. The van der Waals surface area contributed by atoms with Gasteiger partial charge in [-0.1, -0.05) is 12.1 Å². The fourth-order valence-electron chi connectivity index (χ4n) is 5.31. The Labute approximate surface area is 229 Å². The topological polar surface area (TPSA) is 98.2 Å². The van der Waals surface area contributed by atoms with E-state index >= 15 is 0 Å². The average Bonchev–Trinajstić information content (AvgIpc) is 3.59. The second-order valence-electron chi connectivity index (χ2n) is 11.5. The Balaban J connectivity index is 1.69. The molecule has 39 heavy (non-hydrogen) atoms. The number of hydrogen-bond donors (Lipinski definition) is 1. The highest BCUT2D eigenvalue weighted by Crippen LogP contribution is 2.32. The molecule has 1 N–H and O–H groups in total. The Kier molecular flexibility index (Phi) is 7.55. The van der Waals surface area contributed by atoms with E-state index in [1.54, 1.807) is 7.11 Å². The van der Waals surface area contributed by atoms with Gasteiger partial charge in [0.1, 0.15) is 11.8 Å². The normalized spacial score (nSPS) is 16.7. The predicted molar refractivity (Wildman–Crippen MR) is 151 cm³/mol. The molecule has 1 fully saturated rings. The average molecular weight is 531 g/mol. The van der Waals surface area contributed by atoms with E-state index in [4.69, 9.17) is 9.47 Å². The highest BCUT2D eigenvalue weighted by Gasteiger charge is 2.35. The van der Waals surface area contributed by atoms with Crippen LogP contribution in [0.15, 0.2) is 47.3 Å². The molecule has 1 aliphatic rings. The number of H-pyrrole nitrogens is 1. The van der Waals surface area contributed by atoms with Crippen LogP contribution in [-0.4, -0.2) is 56.5 Å². The van der Waals surface area contributed by atoms with Gasteiger partial charge in [-0.2, -0.15) is 0 Å². The van der Waals surface area contributed by atoms with Gasteiger partial charge in [0.2, 0.25) is 0 Å². The van der Waals surface area contributed by atoms with Gasteiger partial charge < -0.3 is 14.5 Å². The molecule has 5 rings (SSSR count). The first kappa shape index (κ1) is 27.0. The van der Waals surface area contributed by atoms with Crippen molar-refractivity contribution in [2.75, 3.05) is 20.3 Å². The molecular formula is C30H38N6O3. The van der Waals surface area contributed by atoms with Gasteiger partial charge in [0, 0.05) is 30.8 Å². The molecule has 9 nitrogen and oxygen atoms in total. The number of aromatic amines is 1. The van der Waals surface area contributed by atoms with E-state index in [1.165, 1.54) is 5.56 Å². The van der Waals surface area contributed by atoms with E-state index < -0.39 is 6.04 Å². The minimum Gasteiger partial charge on any atom is -0.497 e. The Morgan fingerprint density at radius 1 is 1.15 bits per heavy atom. The zero-order valence-electron chi connectivity index (χ0n) is 23.7. The lowest BCUT2D eigenvalue weighted by molar-refractivity contribution is 0.0564. The fraction of sp³-hybridized carbons (Fsp3) is 0.467. The summed E-state index contributed by atoms with van der Waals surface area (Å²) in [6, 6.07) is 13.7. The number of hydrogen-bond acceptors (Lipinski definition) is 7. The lowest BCUT2D eigenvalue weighted by atomic mass is 9.99. The SMILES string of the molecule is COc1ccc(CN(C[C@@H]2CCCO2)[C@@H](c2cc3cc(C)c(C)cc3[nH]c2=O)c2nnnn2C(C)(C)C)cc1. The van der Waals surface area contributed by atoms with Gasteiger partial charge in [-0.15, -0.1) is 5.10 Å². The summed E-state index contributed by atoms with van der Waals surface area (Å²) in [5.41, 5.74) is 4.30. The number of tetrazole rings is 1. The summed E-state index contributed by atoms with van der Waals surface area (Å²) in [6.07, 6.45) is 2.07. The zero-order chi connectivity index (χ0) is 27.7. The maximum atomic E-state index is 13.8. The molecule has 0 spiro atoms. The molecule has 4 aromatic rings. The lowest BCUT2D eigenvalue weighted by Crippen LogP contribution is -2.40. The molecule has 0 saturated carbocycles. The quantitative estimate of drug-likeness (QED) is 0.354. The molecule has 1 saturated heterocycles. The van der Waals surface area contributed by atoms with Gasteiger partial charge in [0.15, 0.2) is 5.82 Å². The number of nitrogens with zero attached hydrogens (tertiary/aromatic N) is 5. The van der Waals surface area contributed by atoms with E-state index in [2.05, 4.69) is 78.2 Å². The van der Waals surface area contributed by atoms with Crippen LogP contribution in [0.1, 0.15) is 67.7 Å². The number of pyridine rings is 1. The summed E-state index contributed by atoms with van der Waals surface area (Å²) in [7, 11) is 1.66. The highest BCUT2D eigenvalue weighted by molar-refractivity contribution is 5.81. The van der Waals surface area contributed by atoms with Crippen molar-refractivity contribution in [2.45, 2.75) is 71.7 Å². The minimum absolute atomic E-state index is 0.0640. The molecule has 0 bridgehead atoms. The van der Waals surface area contributed by atoms with E-state index in [0.717, 1.165) is 47.2 Å². The molecule has 0 unspecified atom stereocenters. The largest absolute Gasteiger partial charge is 0.497 e. The third-order valence-corrected chi connectivity index (χ3v) is 7.53. The van der Waals surface area contributed by atoms with Crippen molar-refractivity contribution >= 4 is 10.9 Å². The van der Waals surface area contributed by atoms with E-state index in [1.807, 2.05) is 28.9 Å². The number of nitrogens with one attached hydrogen (secondary N) is 1. The summed E-state index contributed by atoms with van der Waals surface area (Å²) in [6.45, 7) is 12.3. The summed E-state index contributed by atoms with van der Waals surface area (Å²) in [4.78, 5) is 19.2. The van der Waals surface area contributed by atoms with Crippen LogP contribution in [0, 0.1) is 13.8 Å². The van der Waals surface area contributed by atoms with Crippen LogP contribution in [0.2, 0.25) is 0 Å². The minimum atomic E-state index is -0.500. The van der Waals surface area contributed by atoms with Crippen molar-refractivity contribution in [1.82, 2.24) is 30.1 Å². The van der Waals surface area contributed by atoms with Crippen LogP contribution in [0.4, 0.5) is 0 Å². The smallest absolute Gasteiger partial charge is 0.253 e. The first-order valence-electron chi connectivity index (χ1n) is 13.6. The van der Waals surface area contributed by atoms with Crippen LogP contribution in [-0.2, 0) is 16.8 Å². The predicted octanol–water partition coefficient (Wildman–Crippen LogP) is 4.67. The molecule has 0 aliphatic carbocycles. The van der Waals surface area contributed by atoms with E-state index in [0.29, 0.717) is 24.5 Å². The Morgan fingerprint density at radius 3 is 2.56 bits per heavy atom. The molecule has 2 aromatic heterocycles. The Bertz CT molecular complexity index is 1500. The van der Waals surface area contributed by atoms with Crippen molar-refractivity contribution in [3.05, 3.63) is 80.9 Å². The molecule has 2 aromatic carbocycles. The highest BCUT2D eigenvalue weighted by atomic mass is 16.5. The third kappa shape index (κ3) is 5.74. The van der Waals surface area contributed by atoms with Crippen molar-refractivity contribution in [2.24, 2.45) is 0 Å². The second kappa shape index (κ2) is 10.9. The van der Waals surface area contributed by atoms with Gasteiger partial charge in [-0.25, -0.2) is 4.68 Å². The van der Waals surface area contributed by atoms with Crippen LogP contribution < -0.4 is 10.3 Å². The second-order valence-corrected chi connectivity index (χ2v) is 11.5. The number of aromatic nitrogens is 5. The van der Waals surface area contributed by atoms with E-state index in [9.17, 15) is 4.79 Å². The third-order valence-electron chi connectivity index (χ3n) is 7.53. The lowest BCUT2D eigenvalue weighted by Gasteiger charge is -2.34. The molecule has 0 amide bonds. The Hall–Kier alpha value is -3.56. The Morgan fingerprint density at radius 2 is 1.90 bits per heavy atom. The number of benzene rings is 2. The molecule has 206 valence electrons. The van der Waals surface area contributed by atoms with Gasteiger partial charge in [-0.3, -0.25) is 9.69 Å². The van der Waals surface area contributed by atoms with E-state index in [-0.39, 0.29) is 17.2 Å². The number of ether oxygens (including phenoxy) is 2. The summed E-state index contributed by atoms with van der Waals surface area (Å²) >= 11 is 0. The molecule has 3 heterocycles. The molecule has 0 radical (unpaired) electrons. The van der Waals surface area contributed by atoms with Crippen molar-refractivity contribution in [1.29, 1.82) is 0 Å². The summed E-state index contributed by atoms with van der Waals surface area (Å²) in [5, 5.41) is 13.9.